The van der Waals surface area contributed by atoms with Gasteiger partial charge in [0.15, 0.2) is 0 Å². The normalized spacial score (nSPS) is 18.4. The summed E-state index contributed by atoms with van der Waals surface area (Å²) in [5, 5.41) is 10.4. The molecule has 0 radical (unpaired) electrons. The predicted octanol–water partition coefficient (Wildman–Crippen LogP) is 7.10. The van der Waals surface area contributed by atoms with Gasteiger partial charge in [0, 0.05) is 17.1 Å². The third-order valence-corrected chi connectivity index (χ3v) is 8.69. The summed E-state index contributed by atoms with van der Waals surface area (Å²) in [5.41, 5.74) is 4.27. The molecule has 0 saturated carbocycles. The molecule has 2 amide bonds. The maximum Gasteiger partial charge on any atom is 0.247 e. The van der Waals surface area contributed by atoms with Gasteiger partial charge in [-0.05, 0) is 90.9 Å². The van der Waals surface area contributed by atoms with E-state index in [1.807, 2.05) is 12.1 Å². The average Bonchev–Trinajstić information content (AvgIpc) is 3.26. The van der Waals surface area contributed by atoms with Crippen molar-refractivity contribution in [2.24, 2.45) is 0 Å². The van der Waals surface area contributed by atoms with Crippen LogP contribution in [0.25, 0.3) is 0 Å². The van der Waals surface area contributed by atoms with E-state index in [9.17, 15) is 14.9 Å². The van der Waals surface area contributed by atoms with Crippen LogP contribution >= 0.6 is 23.4 Å². The lowest BCUT2D eigenvalue weighted by molar-refractivity contribution is -0.121. The molecule has 198 valence electrons. The Morgan fingerprint density at radius 1 is 0.950 bits per heavy atom. The number of imide groups is 1. The van der Waals surface area contributed by atoms with Crippen LogP contribution < -0.4 is 9.64 Å². The molecular weight excluding hydrogens is 542 g/mol. The van der Waals surface area contributed by atoms with Crippen molar-refractivity contribution in [3.8, 4) is 17.6 Å². The van der Waals surface area contributed by atoms with E-state index >= 15 is 0 Å². The van der Waals surface area contributed by atoms with Gasteiger partial charge >= 0.3 is 0 Å². The number of hydrogen-bond donors (Lipinski definition) is 0. The fraction of sp³-hybridized carbons (Fsp3) is 0.188. The van der Waals surface area contributed by atoms with Gasteiger partial charge in [-0.3, -0.25) is 9.59 Å². The summed E-state index contributed by atoms with van der Waals surface area (Å²) in [7, 11) is 0. The molecule has 6 rings (SSSR count). The topological polar surface area (TPSA) is 83.3 Å². The molecule has 2 aliphatic rings. The van der Waals surface area contributed by atoms with Gasteiger partial charge in [0.05, 0.1) is 16.5 Å². The van der Waals surface area contributed by atoms with Gasteiger partial charge < -0.3 is 4.74 Å². The fourth-order valence-electron chi connectivity index (χ4n) is 5.23. The van der Waals surface area contributed by atoms with Crippen molar-refractivity contribution in [3.63, 3.8) is 0 Å². The highest BCUT2D eigenvalue weighted by Gasteiger charge is 2.41. The van der Waals surface area contributed by atoms with Crippen molar-refractivity contribution in [3.05, 3.63) is 112 Å². The van der Waals surface area contributed by atoms with Crippen molar-refractivity contribution in [2.45, 2.75) is 41.9 Å². The van der Waals surface area contributed by atoms with Crippen LogP contribution in [0.5, 0.6) is 11.5 Å². The zero-order valence-corrected chi connectivity index (χ0v) is 23.0. The van der Waals surface area contributed by atoms with Crippen LogP contribution in [0.4, 0.5) is 5.69 Å². The average molecular weight is 566 g/mol. The number of carbonyl (C=O) groups is 2. The summed E-state index contributed by atoms with van der Waals surface area (Å²) >= 11 is 7.13. The molecule has 1 fully saturated rings. The van der Waals surface area contributed by atoms with Crippen molar-refractivity contribution in [1.29, 1.82) is 5.26 Å². The largest absolute Gasteiger partial charge is 0.457 e. The van der Waals surface area contributed by atoms with Crippen molar-refractivity contribution in [1.82, 2.24) is 4.98 Å². The van der Waals surface area contributed by atoms with E-state index in [2.05, 4.69) is 30.3 Å². The Morgan fingerprint density at radius 3 is 2.35 bits per heavy atom. The Morgan fingerprint density at radius 2 is 1.65 bits per heavy atom. The zero-order valence-electron chi connectivity index (χ0n) is 21.4. The Bertz CT molecular complexity index is 1620. The molecule has 0 N–H and O–H groups in total. The molecule has 2 heterocycles. The number of amides is 2. The predicted molar refractivity (Wildman–Crippen MR) is 155 cm³/mol. The molecule has 2 atom stereocenters. The molecule has 3 aromatic carbocycles. The van der Waals surface area contributed by atoms with Gasteiger partial charge in [0.1, 0.15) is 22.6 Å². The van der Waals surface area contributed by atoms with Gasteiger partial charge in [-0.1, -0.05) is 53.7 Å². The number of nitrogens with zero attached hydrogens (tertiary/aromatic N) is 3. The first kappa shape index (κ1) is 26.1. The van der Waals surface area contributed by atoms with Crippen molar-refractivity contribution >= 4 is 40.9 Å². The monoisotopic (exact) mass is 565 g/mol. The Kier molecular flexibility index (Phi) is 7.29. The number of thioether (sulfide) groups is 1. The van der Waals surface area contributed by atoms with E-state index < -0.39 is 5.25 Å². The molecule has 2 unspecified atom stereocenters. The first-order valence-corrected chi connectivity index (χ1v) is 14.3. The van der Waals surface area contributed by atoms with E-state index in [0.29, 0.717) is 38.7 Å². The molecule has 1 aliphatic carbocycles. The van der Waals surface area contributed by atoms with Crippen molar-refractivity contribution < 1.29 is 14.3 Å². The van der Waals surface area contributed by atoms with Crippen LogP contribution in [0.2, 0.25) is 5.02 Å². The lowest BCUT2D eigenvalue weighted by Gasteiger charge is -2.25. The summed E-state index contributed by atoms with van der Waals surface area (Å²) in [5.74, 6) is 1.00. The highest BCUT2D eigenvalue weighted by molar-refractivity contribution is 8.00. The number of halogens is 1. The van der Waals surface area contributed by atoms with Gasteiger partial charge in [0.2, 0.25) is 11.8 Å². The van der Waals surface area contributed by atoms with E-state index in [4.69, 9.17) is 21.3 Å². The lowest BCUT2D eigenvalue weighted by atomic mass is 9.82. The minimum Gasteiger partial charge on any atom is -0.457 e. The molecular formula is C32H24ClN3O3S. The molecule has 40 heavy (non-hydrogen) atoms. The van der Waals surface area contributed by atoms with Gasteiger partial charge in [-0.25, -0.2) is 9.88 Å². The molecule has 8 heteroatoms. The number of carbonyl (C=O) groups excluding carboxylic acids is 2. The Balaban J connectivity index is 1.16. The number of ether oxygens (including phenoxy) is 1. The number of pyridine rings is 1. The molecule has 0 bridgehead atoms. The summed E-state index contributed by atoms with van der Waals surface area (Å²) in [6.45, 7) is 0. The maximum atomic E-state index is 13.3. The number of anilines is 1. The van der Waals surface area contributed by atoms with Crippen LogP contribution in [0.3, 0.4) is 0 Å². The van der Waals surface area contributed by atoms with E-state index in [1.54, 1.807) is 48.5 Å². The van der Waals surface area contributed by atoms with Gasteiger partial charge in [-0.2, -0.15) is 5.26 Å². The van der Waals surface area contributed by atoms with Crippen LogP contribution in [-0.4, -0.2) is 22.0 Å². The highest BCUT2D eigenvalue weighted by Crippen LogP contribution is 2.38. The molecule has 1 aliphatic heterocycles. The third-order valence-electron chi connectivity index (χ3n) is 7.25. The second-order valence-electron chi connectivity index (χ2n) is 9.84. The van der Waals surface area contributed by atoms with E-state index in [1.165, 1.54) is 22.2 Å². The third kappa shape index (κ3) is 5.33. The molecule has 1 saturated heterocycles. The number of rotatable bonds is 6. The highest BCUT2D eigenvalue weighted by atomic mass is 35.5. The molecule has 4 aromatic rings. The number of hydrogen-bond acceptors (Lipinski definition) is 6. The zero-order chi connectivity index (χ0) is 27.6. The molecule has 0 spiro atoms. The van der Waals surface area contributed by atoms with Crippen LogP contribution in [-0.2, 0) is 22.4 Å². The van der Waals surface area contributed by atoms with E-state index in [0.717, 1.165) is 30.5 Å². The number of aryl methyl sites for hydroxylation is 1. The number of aromatic nitrogens is 1. The number of fused-ring (bicyclic) bond motifs is 1. The van der Waals surface area contributed by atoms with Crippen LogP contribution in [0.1, 0.15) is 41.1 Å². The maximum absolute atomic E-state index is 13.3. The van der Waals surface area contributed by atoms with E-state index in [-0.39, 0.29) is 18.2 Å². The Labute approximate surface area is 241 Å². The Hall–Kier alpha value is -4.12. The van der Waals surface area contributed by atoms with Gasteiger partial charge in [0.25, 0.3) is 0 Å². The van der Waals surface area contributed by atoms with Crippen molar-refractivity contribution in [2.75, 3.05) is 4.90 Å². The van der Waals surface area contributed by atoms with Gasteiger partial charge in [-0.15, -0.1) is 0 Å². The summed E-state index contributed by atoms with van der Waals surface area (Å²) in [6, 6.07) is 28.4. The molecule has 6 nitrogen and oxygen atoms in total. The second-order valence-corrected chi connectivity index (χ2v) is 11.5. The summed E-state index contributed by atoms with van der Waals surface area (Å²) in [4.78, 5) is 32.3. The minimum atomic E-state index is -0.643. The van der Waals surface area contributed by atoms with Crippen LogP contribution in [0.15, 0.2) is 90.0 Å². The number of benzene rings is 3. The first-order valence-electron chi connectivity index (χ1n) is 13.0. The number of nitriles is 1. The SMILES string of the molecule is N#Cc1cc2c(nc1SC1CC(=O)N(c3ccc(Oc4ccc(Cl)cc4)cc3)C1=O)CCC(c1ccccc1)C2. The second kappa shape index (κ2) is 11.2. The summed E-state index contributed by atoms with van der Waals surface area (Å²) < 4.78 is 5.82. The standard InChI is InChI=1S/C32H24ClN3O3S/c33-24-7-11-26(12-8-24)39-27-13-9-25(10-14-27)36-30(37)18-29(32(36)38)40-31-23(19-34)17-22-16-21(6-15-28(22)35-31)20-4-2-1-3-5-20/h1-5,7-14,17,21,29H,6,15-16,18H2. The van der Waals surface area contributed by atoms with Crippen LogP contribution in [0, 0.1) is 11.3 Å². The quantitative estimate of drug-likeness (QED) is 0.232. The first-order chi connectivity index (χ1) is 19.5. The summed E-state index contributed by atoms with van der Waals surface area (Å²) in [6.07, 6.45) is 2.67. The smallest absolute Gasteiger partial charge is 0.247 e. The fourth-order valence-corrected chi connectivity index (χ4v) is 6.45. The minimum absolute atomic E-state index is 0.0479. The molecule has 1 aromatic heterocycles. The lowest BCUT2D eigenvalue weighted by Crippen LogP contribution is -2.31.